The lowest BCUT2D eigenvalue weighted by molar-refractivity contribution is -0.136. The fourth-order valence-electron chi connectivity index (χ4n) is 3.58. The number of nitrogens with zero attached hydrogens (tertiary/aromatic N) is 1. The second-order valence-corrected chi connectivity index (χ2v) is 7.11. The van der Waals surface area contributed by atoms with Gasteiger partial charge in [-0.2, -0.15) is 0 Å². The topological polar surface area (TPSA) is 133 Å². The Morgan fingerprint density at radius 1 is 1.10 bits per heavy atom. The van der Waals surface area contributed by atoms with Gasteiger partial charge in [-0.3, -0.25) is 34.2 Å². The molecule has 29 heavy (non-hydrogen) atoms. The van der Waals surface area contributed by atoms with Crippen molar-refractivity contribution in [3.63, 3.8) is 0 Å². The van der Waals surface area contributed by atoms with Crippen LogP contribution in [-0.4, -0.2) is 52.2 Å². The van der Waals surface area contributed by atoms with Gasteiger partial charge in [-0.25, -0.2) is 0 Å². The van der Waals surface area contributed by atoms with Crippen molar-refractivity contribution in [2.75, 3.05) is 11.9 Å². The summed E-state index contributed by atoms with van der Waals surface area (Å²) < 4.78 is 0. The van der Waals surface area contributed by atoms with E-state index in [1.165, 1.54) is 6.07 Å². The van der Waals surface area contributed by atoms with E-state index in [0.717, 1.165) is 17.7 Å². The van der Waals surface area contributed by atoms with Gasteiger partial charge in [0.2, 0.25) is 17.7 Å². The molecule has 5 amide bonds. The zero-order valence-electron chi connectivity index (χ0n) is 15.9. The summed E-state index contributed by atoms with van der Waals surface area (Å²) in [5.41, 5.74) is 0.423. The van der Waals surface area contributed by atoms with Crippen molar-refractivity contribution in [1.82, 2.24) is 10.2 Å². The Morgan fingerprint density at radius 3 is 2.59 bits per heavy atom. The minimum atomic E-state index is -1.05. The molecule has 0 aliphatic carbocycles. The van der Waals surface area contributed by atoms with Gasteiger partial charge in [0.05, 0.1) is 16.8 Å². The molecular weight excluding hydrogens is 378 g/mol. The van der Waals surface area contributed by atoms with E-state index in [2.05, 4.69) is 10.6 Å². The third kappa shape index (κ3) is 4.34. The molecule has 0 spiro atoms. The van der Waals surface area contributed by atoms with Crippen LogP contribution in [-0.2, 0) is 14.4 Å². The Kier molecular flexibility index (Phi) is 6.38. The highest BCUT2D eigenvalue weighted by Gasteiger charge is 2.45. The number of unbranched alkanes of at least 4 members (excludes halogenated alkanes) is 3. The second kappa shape index (κ2) is 8.95. The molecule has 1 aromatic rings. The van der Waals surface area contributed by atoms with Crippen molar-refractivity contribution in [3.05, 3.63) is 29.3 Å². The monoisotopic (exact) mass is 401 g/mol. The first-order chi connectivity index (χ1) is 13.9. The number of aliphatic hydroxyl groups excluding tert-OH is 1. The van der Waals surface area contributed by atoms with Gasteiger partial charge >= 0.3 is 0 Å². The molecule has 1 saturated heterocycles. The minimum absolute atomic E-state index is 0.0453. The molecule has 0 bridgehead atoms. The predicted molar refractivity (Wildman–Crippen MR) is 102 cm³/mol. The van der Waals surface area contributed by atoms with Gasteiger partial charge in [0.15, 0.2) is 0 Å². The zero-order chi connectivity index (χ0) is 21.0. The molecular formula is C20H23N3O6. The normalized spacial score (nSPS) is 18.7. The molecule has 1 fully saturated rings. The van der Waals surface area contributed by atoms with Gasteiger partial charge < -0.3 is 10.4 Å². The van der Waals surface area contributed by atoms with Crippen LogP contribution in [0.25, 0.3) is 0 Å². The van der Waals surface area contributed by atoms with Crippen molar-refractivity contribution >= 4 is 35.2 Å². The van der Waals surface area contributed by atoms with E-state index in [0.29, 0.717) is 12.8 Å². The van der Waals surface area contributed by atoms with Crippen LogP contribution in [0.5, 0.6) is 0 Å². The molecule has 1 atom stereocenters. The number of amides is 5. The van der Waals surface area contributed by atoms with Gasteiger partial charge in [0.1, 0.15) is 6.04 Å². The highest BCUT2D eigenvalue weighted by Crippen LogP contribution is 2.32. The first kappa shape index (κ1) is 20.7. The number of nitrogens with one attached hydrogen (secondary N) is 2. The number of aliphatic hydroxyl groups is 1. The van der Waals surface area contributed by atoms with Crippen molar-refractivity contribution in [3.8, 4) is 0 Å². The number of imide groups is 2. The number of carbonyl (C=O) groups is 5. The van der Waals surface area contributed by atoms with Crippen LogP contribution >= 0.6 is 0 Å². The smallest absolute Gasteiger partial charge is 0.264 e. The van der Waals surface area contributed by atoms with Gasteiger partial charge in [-0.1, -0.05) is 18.9 Å². The van der Waals surface area contributed by atoms with Crippen molar-refractivity contribution in [2.45, 2.75) is 51.0 Å². The summed E-state index contributed by atoms with van der Waals surface area (Å²) in [5, 5.41) is 13.6. The summed E-state index contributed by atoms with van der Waals surface area (Å²) in [7, 11) is 0. The Balaban J connectivity index is 1.72. The number of piperidine rings is 1. The van der Waals surface area contributed by atoms with E-state index in [4.69, 9.17) is 5.11 Å². The number of benzene rings is 1. The Hall–Kier alpha value is -3.07. The first-order valence-electron chi connectivity index (χ1n) is 9.69. The molecule has 1 unspecified atom stereocenters. The van der Waals surface area contributed by atoms with E-state index < -0.39 is 29.7 Å². The number of anilines is 1. The average molecular weight is 401 g/mol. The SMILES string of the molecule is O=C1CCC(N2C(=O)c3cccc(NC(=O)CCCCCCO)c3C2=O)C(=O)N1. The quantitative estimate of drug-likeness (QED) is 0.439. The molecule has 154 valence electrons. The number of hydrogen-bond donors (Lipinski definition) is 3. The summed E-state index contributed by atoms with van der Waals surface area (Å²) >= 11 is 0. The average Bonchev–Trinajstić information content (AvgIpc) is 2.93. The molecule has 9 heteroatoms. The maximum atomic E-state index is 12.9. The zero-order valence-corrected chi connectivity index (χ0v) is 15.9. The van der Waals surface area contributed by atoms with Crippen LogP contribution in [0.4, 0.5) is 5.69 Å². The molecule has 2 aliphatic rings. The van der Waals surface area contributed by atoms with E-state index in [1.54, 1.807) is 12.1 Å². The number of fused-ring (bicyclic) bond motifs is 1. The van der Waals surface area contributed by atoms with Crippen LogP contribution in [0.15, 0.2) is 18.2 Å². The number of carbonyl (C=O) groups excluding carboxylic acids is 5. The maximum Gasteiger partial charge on any atom is 0.264 e. The third-order valence-electron chi connectivity index (χ3n) is 5.05. The molecule has 3 rings (SSSR count). The minimum Gasteiger partial charge on any atom is -0.396 e. The predicted octanol–water partition coefficient (Wildman–Crippen LogP) is 0.969. The van der Waals surface area contributed by atoms with Gasteiger partial charge in [-0.05, 0) is 31.4 Å². The first-order valence-corrected chi connectivity index (χ1v) is 9.69. The highest BCUT2D eigenvalue weighted by atomic mass is 16.3. The summed E-state index contributed by atoms with van der Waals surface area (Å²) in [4.78, 5) is 62.3. The van der Waals surface area contributed by atoms with Crippen molar-refractivity contribution in [2.24, 2.45) is 0 Å². The summed E-state index contributed by atoms with van der Waals surface area (Å²) in [6.07, 6.45) is 3.36. The fraction of sp³-hybridized carbons (Fsp3) is 0.450. The van der Waals surface area contributed by atoms with Crippen LogP contribution in [0, 0.1) is 0 Å². The Labute approximate surface area is 167 Å². The molecule has 2 aliphatic heterocycles. The summed E-state index contributed by atoms with van der Waals surface area (Å²) in [5.74, 6) is -2.65. The number of hydrogen-bond acceptors (Lipinski definition) is 6. The van der Waals surface area contributed by atoms with Crippen LogP contribution in [0.3, 0.4) is 0 Å². The molecule has 3 N–H and O–H groups in total. The third-order valence-corrected chi connectivity index (χ3v) is 5.05. The Morgan fingerprint density at radius 2 is 1.86 bits per heavy atom. The van der Waals surface area contributed by atoms with E-state index in [9.17, 15) is 24.0 Å². The highest BCUT2D eigenvalue weighted by molar-refractivity contribution is 6.26. The number of rotatable bonds is 8. The second-order valence-electron chi connectivity index (χ2n) is 7.11. The van der Waals surface area contributed by atoms with Gasteiger partial charge in [0, 0.05) is 19.4 Å². The van der Waals surface area contributed by atoms with E-state index in [1.807, 2.05) is 0 Å². The molecule has 0 saturated carbocycles. The summed E-state index contributed by atoms with van der Waals surface area (Å²) in [6, 6.07) is 3.54. The lowest BCUT2D eigenvalue weighted by atomic mass is 10.0. The lowest BCUT2D eigenvalue weighted by Crippen LogP contribution is -2.54. The van der Waals surface area contributed by atoms with Crippen LogP contribution in [0.2, 0.25) is 0 Å². The maximum absolute atomic E-state index is 12.9. The van der Waals surface area contributed by atoms with Crippen LogP contribution in [0.1, 0.15) is 65.7 Å². The standard InChI is InChI=1S/C20H23N3O6/c24-11-4-2-1-3-8-15(25)21-13-7-5-6-12-17(13)20(29)23(19(12)28)14-9-10-16(26)22-18(14)27/h5-7,14,24H,1-4,8-11H2,(H,21,25)(H,22,26,27). The summed E-state index contributed by atoms with van der Waals surface area (Å²) in [6.45, 7) is 0.127. The van der Waals surface area contributed by atoms with E-state index >= 15 is 0 Å². The van der Waals surface area contributed by atoms with Crippen LogP contribution < -0.4 is 10.6 Å². The molecule has 1 aromatic carbocycles. The largest absolute Gasteiger partial charge is 0.396 e. The van der Waals surface area contributed by atoms with E-state index in [-0.39, 0.29) is 48.6 Å². The van der Waals surface area contributed by atoms with Crippen molar-refractivity contribution < 1.29 is 29.1 Å². The molecule has 9 nitrogen and oxygen atoms in total. The molecule has 0 radical (unpaired) electrons. The Bertz CT molecular complexity index is 866. The lowest BCUT2D eigenvalue weighted by Gasteiger charge is -2.27. The van der Waals surface area contributed by atoms with Gasteiger partial charge in [-0.15, -0.1) is 0 Å². The molecule has 0 aromatic heterocycles. The fourth-order valence-corrected chi connectivity index (χ4v) is 3.58. The van der Waals surface area contributed by atoms with Crippen molar-refractivity contribution in [1.29, 1.82) is 0 Å². The van der Waals surface area contributed by atoms with Gasteiger partial charge in [0.25, 0.3) is 11.8 Å². The molecule has 2 heterocycles.